The van der Waals surface area contributed by atoms with E-state index >= 15 is 0 Å². The van der Waals surface area contributed by atoms with Crippen molar-refractivity contribution in [1.29, 1.82) is 0 Å². The lowest BCUT2D eigenvalue weighted by atomic mass is 10.1. The average Bonchev–Trinajstić information content (AvgIpc) is 3.00. The summed E-state index contributed by atoms with van der Waals surface area (Å²) in [5.74, 6) is -4.69. The van der Waals surface area contributed by atoms with Gasteiger partial charge in [0.25, 0.3) is 0 Å². The zero-order valence-corrected chi connectivity index (χ0v) is 16.7. The standard InChI is InChI=1S/C20H16F6N4O3/c1-8-13-4-10(22)5-14(23)17(13)33-16(8)18(20(24,25)26)30-19(32)29-12-3-9(21)2-11(6-12)28-7-15(27)31/h2-6,18,28H,7H2,1H3,(H2,27,31)(H2,29,30,32)/t18-/m1/s1. The fourth-order valence-corrected chi connectivity index (χ4v) is 3.08. The molecule has 13 heteroatoms. The fraction of sp³-hybridized carbons (Fsp3) is 0.200. The van der Waals surface area contributed by atoms with Crippen molar-refractivity contribution in [3.8, 4) is 0 Å². The smallest absolute Gasteiger partial charge is 0.416 e. The number of alkyl halides is 3. The second kappa shape index (κ2) is 8.92. The Balaban J connectivity index is 1.87. The number of benzene rings is 2. The minimum atomic E-state index is -5.08. The molecule has 0 fully saturated rings. The quantitative estimate of drug-likeness (QED) is 0.395. The molecule has 0 aliphatic rings. The van der Waals surface area contributed by atoms with Crippen LogP contribution in [-0.4, -0.2) is 24.7 Å². The molecule has 0 radical (unpaired) electrons. The summed E-state index contributed by atoms with van der Waals surface area (Å²) < 4.78 is 87.4. The molecule has 0 bridgehead atoms. The molecule has 1 aromatic heterocycles. The first-order chi connectivity index (χ1) is 15.3. The van der Waals surface area contributed by atoms with Gasteiger partial charge in [0, 0.05) is 28.4 Å². The van der Waals surface area contributed by atoms with Crippen LogP contribution >= 0.6 is 0 Å². The number of rotatable bonds is 6. The minimum absolute atomic E-state index is 0.0297. The molecular formula is C20H16F6N4O3. The molecule has 1 heterocycles. The largest absolute Gasteiger partial charge is 0.455 e. The zero-order valence-electron chi connectivity index (χ0n) is 16.7. The number of furan rings is 1. The molecule has 0 unspecified atom stereocenters. The Hall–Kier alpha value is -3.90. The lowest BCUT2D eigenvalue weighted by molar-refractivity contribution is -0.158. The van der Waals surface area contributed by atoms with Gasteiger partial charge in [0.05, 0.1) is 6.54 Å². The van der Waals surface area contributed by atoms with Gasteiger partial charge in [-0.15, -0.1) is 0 Å². The van der Waals surface area contributed by atoms with E-state index < -0.39 is 53.0 Å². The molecule has 0 saturated heterocycles. The van der Waals surface area contributed by atoms with E-state index in [1.54, 1.807) is 5.32 Å². The van der Waals surface area contributed by atoms with E-state index in [-0.39, 0.29) is 28.9 Å². The van der Waals surface area contributed by atoms with Crippen molar-refractivity contribution < 1.29 is 40.3 Å². The third-order valence-electron chi connectivity index (χ3n) is 4.48. The SMILES string of the molecule is Cc1c([C@@H](NC(=O)Nc2cc(F)cc(NCC(N)=O)c2)C(F)(F)F)oc2c(F)cc(F)cc12. The van der Waals surface area contributed by atoms with Gasteiger partial charge in [-0.25, -0.2) is 18.0 Å². The highest BCUT2D eigenvalue weighted by Crippen LogP contribution is 2.39. The monoisotopic (exact) mass is 474 g/mol. The predicted octanol–water partition coefficient (Wildman–Crippen LogP) is 4.48. The van der Waals surface area contributed by atoms with Crippen molar-refractivity contribution in [3.63, 3.8) is 0 Å². The molecule has 5 N–H and O–H groups in total. The average molecular weight is 474 g/mol. The summed E-state index contributed by atoms with van der Waals surface area (Å²) >= 11 is 0. The van der Waals surface area contributed by atoms with E-state index in [2.05, 4.69) is 5.32 Å². The highest BCUT2D eigenvalue weighted by atomic mass is 19.4. The summed E-state index contributed by atoms with van der Waals surface area (Å²) in [5, 5.41) is 5.93. The maximum atomic E-state index is 14.0. The highest BCUT2D eigenvalue weighted by molar-refractivity contribution is 5.90. The normalized spacial score (nSPS) is 12.5. The molecule has 3 rings (SSSR count). The van der Waals surface area contributed by atoms with Crippen LogP contribution < -0.4 is 21.7 Å². The van der Waals surface area contributed by atoms with Crippen LogP contribution in [0.25, 0.3) is 11.0 Å². The number of aryl methyl sites for hydroxylation is 1. The fourth-order valence-electron chi connectivity index (χ4n) is 3.08. The van der Waals surface area contributed by atoms with E-state index in [4.69, 9.17) is 10.2 Å². The Bertz CT molecular complexity index is 1220. The summed E-state index contributed by atoms with van der Waals surface area (Å²) in [6.45, 7) is 0.801. The summed E-state index contributed by atoms with van der Waals surface area (Å²) in [6.07, 6.45) is -5.08. The van der Waals surface area contributed by atoms with Gasteiger partial charge >= 0.3 is 12.2 Å². The maximum Gasteiger partial charge on any atom is 0.416 e. The number of hydrogen-bond acceptors (Lipinski definition) is 4. The van der Waals surface area contributed by atoms with Gasteiger partial charge in [0.1, 0.15) is 17.4 Å². The van der Waals surface area contributed by atoms with Gasteiger partial charge < -0.3 is 26.1 Å². The Morgan fingerprint density at radius 3 is 2.30 bits per heavy atom. The van der Waals surface area contributed by atoms with Crippen molar-refractivity contribution in [2.45, 2.75) is 19.1 Å². The molecule has 2 aromatic carbocycles. The topological polar surface area (TPSA) is 109 Å². The number of halogens is 6. The number of nitrogens with one attached hydrogen (secondary N) is 3. The molecule has 0 aliphatic carbocycles. The summed E-state index contributed by atoms with van der Waals surface area (Å²) in [5.41, 5.74) is 3.93. The third kappa shape index (κ3) is 5.48. The Labute approximate surface area is 181 Å². The van der Waals surface area contributed by atoms with E-state index in [1.165, 1.54) is 0 Å². The second-order valence-corrected chi connectivity index (χ2v) is 6.98. The zero-order chi connectivity index (χ0) is 24.5. The Morgan fingerprint density at radius 2 is 1.67 bits per heavy atom. The molecule has 7 nitrogen and oxygen atoms in total. The molecule has 33 heavy (non-hydrogen) atoms. The van der Waals surface area contributed by atoms with Crippen molar-refractivity contribution in [1.82, 2.24) is 5.32 Å². The van der Waals surface area contributed by atoms with Crippen LogP contribution in [0.3, 0.4) is 0 Å². The molecule has 0 spiro atoms. The van der Waals surface area contributed by atoms with Crippen LogP contribution in [0.4, 0.5) is 42.5 Å². The van der Waals surface area contributed by atoms with E-state index in [0.29, 0.717) is 6.07 Å². The maximum absolute atomic E-state index is 14.0. The number of hydrogen-bond donors (Lipinski definition) is 4. The molecule has 0 saturated carbocycles. The van der Waals surface area contributed by atoms with Gasteiger partial charge in [-0.05, 0) is 31.2 Å². The molecule has 1 atom stereocenters. The number of carbonyl (C=O) groups is 2. The molecule has 0 aliphatic heterocycles. The summed E-state index contributed by atoms with van der Waals surface area (Å²) in [4.78, 5) is 23.1. The van der Waals surface area contributed by atoms with Crippen LogP contribution in [0.2, 0.25) is 0 Å². The van der Waals surface area contributed by atoms with Gasteiger partial charge in [-0.1, -0.05) is 0 Å². The summed E-state index contributed by atoms with van der Waals surface area (Å²) in [6, 6.07) is 0.0770. The first-order valence-electron chi connectivity index (χ1n) is 9.20. The first-order valence-corrected chi connectivity index (χ1v) is 9.20. The van der Waals surface area contributed by atoms with Crippen LogP contribution in [-0.2, 0) is 4.79 Å². The highest BCUT2D eigenvalue weighted by Gasteiger charge is 2.45. The Kier molecular flexibility index (Phi) is 6.42. The van der Waals surface area contributed by atoms with Crippen LogP contribution in [0.5, 0.6) is 0 Å². The third-order valence-corrected chi connectivity index (χ3v) is 4.48. The lowest BCUT2D eigenvalue weighted by Gasteiger charge is -2.21. The van der Waals surface area contributed by atoms with Crippen molar-refractivity contribution in [2.24, 2.45) is 5.73 Å². The second-order valence-electron chi connectivity index (χ2n) is 6.98. The summed E-state index contributed by atoms with van der Waals surface area (Å²) in [7, 11) is 0. The van der Waals surface area contributed by atoms with Crippen molar-refractivity contribution in [2.75, 3.05) is 17.2 Å². The molecule has 176 valence electrons. The van der Waals surface area contributed by atoms with Gasteiger partial charge in [-0.3, -0.25) is 4.79 Å². The van der Waals surface area contributed by atoms with Crippen LogP contribution in [0, 0.1) is 24.4 Å². The van der Waals surface area contributed by atoms with Crippen LogP contribution in [0.1, 0.15) is 17.4 Å². The van der Waals surface area contributed by atoms with Gasteiger partial charge in [-0.2, -0.15) is 13.2 Å². The molecular weight excluding hydrogens is 458 g/mol. The van der Waals surface area contributed by atoms with Crippen molar-refractivity contribution >= 4 is 34.3 Å². The van der Waals surface area contributed by atoms with E-state index in [9.17, 15) is 35.9 Å². The lowest BCUT2D eigenvalue weighted by Crippen LogP contribution is -2.40. The number of nitrogens with two attached hydrogens (primary N) is 1. The van der Waals surface area contributed by atoms with E-state index in [1.807, 2.05) is 5.32 Å². The van der Waals surface area contributed by atoms with Crippen LogP contribution in [0.15, 0.2) is 34.7 Å². The number of fused-ring (bicyclic) bond motifs is 1. The van der Waals surface area contributed by atoms with Crippen molar-refractivity contribution in [3.05, 3.63) is 59.1 Å². The predicted molar refractivity (Wildman–Crippen MR) is 106 cm³/mol. The minimum Gasteiger partial charge on any atom is -0.455 e. The van der Waals surface area contributed by atoms with Gasteiger partial charge in [0.15, 0.2) is 17.4 Å². The number of carbonyl (C=O) groups excluding carboxylic acids is 2. The number of primary amides is 1. The number of anilines is 2. The molecule has 3 amide bonds. The Morgan fingerprint density at radius 1 is 1.03 bits per heavy atom. The molecule has 3 aromatic rings. The first kappa shape index (κ1) is 23.8. The van der Waals surface area contributed by atoms with E-state index in [0.717, 1.165) is 31.2 Å². The number of urea groups is 1. The number of amides is 3. The van der Waals surface area contributed by atoms with Gasteiger partial charge in [0.2, 0.25) is 5.91 Å².